The average molecular weight is 500 g/mol. The van der Waals surface area contributed by atoms with Crippen molar-refractivity contribution in [1.29, 1.82) is 5.26 Å². The molecule has 4 rings (SSSR count). The highest BCUT2D eigenvalue weighted by Crippen LogP contribution is 2.27. The molecule has 2 N–H and O–H groups in total. The minimum absolute atomic E-state index is 0.0463. The number of rotatable bonds is 8. The topological polar surface area (TPSA) is 82.7 Å². The van der Waals surface area contributed by atoms with Crippen LogP contribution in [0.5, 0.6) is 0 Å². The first-order valence-electron chi connectivity index (χ1n) is 11.9. The number of para-hydroxylation sites is 2. The summed E-state index contributed by atoms with van der Waals surface area (Å²) in [5.74, 6) is 0.443. The predicted octanol–water partition coefficient (Wildman–Crippen LogP) is 5.82. The zero-order valence-corrected chi connectivity index (χ0v) is 21.7. The number of nitriles is 1. The Labute approximate surface area is 216 Å². The molecule has 4 aromatic rings. The summed E-state index contributed by atoms with van der Waals surface area (Å²) < 4.78 is 1.95. The summed E-state index contributed by atoms with van der Waals surface area (Å²) in [6, 6.07) is 25.2. The summed E-state index contributed by atoms with van der Waals surface area (Å²) in [5.41, 5.74) is 3.64. The van der Waals surface area contributed by atoms with Crippen LogP contribution in [-0.2, 0) is 18.3 Å². The van der Waals surface area contributed by atoms with Gasteiger partial charge in [-0.1, -0.05) is 48.0 Å². The highest BCUT2D eigenvalue weighted by Gasteiger charge is 2.32. The predicted molar refractivity (Wildman–Crippen MR) is 145 cm³/mol. The van der Waals surface area contributed by atoms with Crippen LogP contribution in [0, 0.1) is 11.3 Å². The van der Waals surface area contributed by atoms with Crippen molar-refractivity contribution in [3.05, 3.63) is 94.5 Å². The Morgan fingerprint density at radius 2 is 1.83 bits per heavy atom. The molecule has 7 heteroatoms. The Morgan fingerprint density at radius 1 is 1.11 bits per heavy atom. The molecular formula is C29H30ClN5O. The number of nitrogens with zero attached hydrogens (tertiary/aromatic N) is 3. The summed E-state index contributed by atoms with van der Waals surface area (Å²) in [5, 5.41) is 16.6. The number of carbonyl (C=O) groups is 1. The fourth-order valence-electron chi connectivity index (χ4n) is 4.38. The first-order chi connectivity index (χ1) is 17.2. The molecule has 0 saturated carbocycles. The van der Waals surface area contributed by atoms with Crippen LogP contribution in [0.25, 0.3) is 11.0 Å². The molecule has 2 atom stereocenters. The van der Waals surface area contributed by atoms with Crippen molar-refractivity contribution in [2.45, 2.75) is 44.7 Å². The third kappa shape index (κ3) is 5.53. The molecular weight excluding hydrogens is 470 g/mol. The van der Waals surface area contributed by atoms with E-state index in [4.69, 9.17) is 11.6 Å². The van der Waals surface area contributed by atoms with E-state index in [1.54, 1.807) is 6.07 Å². The molecule has 1 heterocycles. The Balaban J connectivity index is 1.56. The Morgan fingerprint density at radius 3 is 2.53 bits per heavy atom. The van der Waals surface area contributed by atoms with Crippen LogP contribution in [0.1, 0.15) is 43.4 Å². The zero-order chi connectivity index (χ0) is 25.9. The van der Waals surface area contributed by atoms with Crippen molar-refractivity contribution < 1.29 is 4.79 Å². The lowest BCUT2D eigenvalue weighted by atomic mass is 9.85. The molecule has 0 aliphatic heterocycles. The van der Waals surface area contributed by atoms with Crippen LogP contribution >= 0.6 is 11.6 Å². The third-order valence-electron chi connectivity index (χ3n) is 6.55. The smallest absolute Gasteiger partial charge is 0.245 e. The molecule has 36 heavy (non-hydrogen) atoms. The molecule has 184 valence electrons. The van der Waals surface area contributed by atoms with E-state index in [-0.39, 0.29) is 17.9 Å². The maximum Gasteiger partial charge on any atom is 0.245 e. The van der Waals surface area contributed by atoms with Crippen LogP contribution in [0.4, 0.5) is 5.95 Å². The second-order valence-electron chi connectivity index (χ2n) is 9.67. The normalized spacial score (nSPS) is 13.1. The van der Waals surface area contributed by atoms with E-state index in [1.807, 2.05) is 99.1 Å². The van der Waals surface area contributed by atoms with Crippen LogP contribution in [0.2, 0.25) is 5.02 Å². The second-order valence-corrected chi connectivity index (χ2v) is 10.1. The van der Waals surface area contributed by atoms with Gasteiger partial charge in [0.2, 0.25) is 11.9 Å². The number of fused-ring (bicyclic) bond motifs is 1. The van der Waals surface area contributed by atoms with Gasteiger partial charge in [0.15, 0.2) is 0 Å². The van der Waals surface area contributed by atoms with Crippen LogP contribution in [0.15, 0.2) is 72.8 Å². The molecule has 0 aliphatic carbocycles. The van der Waals surface area contributed by atoms with E-state index in [0.29, 0.717) is 23.0 Å². The highest BCUT2D eigenvalue weighted by molar-refractivity contribution is 6.30. The minimum atomic E-state index is -0.914. The van der Waals surface area contributed by atoms with Crippen LogP contribution in [0.3, 0.4) is 0 Å². The number of anilines is 1. The quantitative estimate of drug-likeness (QED) is 0.320. The number of halogens is 1. The molecule has 6 nitrogen and oxygen atoms in total. The van der Waals surface area contributed by atoms with E-state index in [2.05, 4.69) is 21.7 Å². The molecule has 0 spiro atoms. The molecule has 1 aromatic heterocycles. The minimum Gasteiger partial charge on any atom is -0.351 e. The van der Waals surface area contributed by atoms with Gasteiger partial charge in [-0.05, 0) is 74.7 Å². The van der Waals surface area contributed by atoms with E-state index in [9.17, 15) is 10.1 Å². The lowest BCUT2D eigenvalue weighted by Gasteiger charge is -2.31. The van der Waals surface area contributed by atoms with Gasteiger partial charge in [0.25, 0.3) is 0 Å². The number of nitrogens with one attached hydrogen (secondary N) is 2. The van der Waals surface area contributed by atoms with Gasteiger partial charge < -0.3 is 15.2 Å². The van der Waals surface area contributed by atoms with Gasteiger partial charge in [-0.15, -0.1) is 0 Å². The molecule has 0 saturated heterocycles. The molecule has 0 radical (unpaired) electrons. The SMILES string of the molecule is C[C@H](NC(=O)C(C)(C)Nc1nc2ccccc2n1C)[C@@H](Cc1ccc(Cl)cc1)c1cccc(C#N)c1. The van der Waals surface area contributed by atoms with Gasteiger partial charge in [0.05, 0.1) is 22.7 Å². The fraction of sp³-hybridized carbons (Fsp3) is 0.276. The lowest BCUT2D eigenvalue weighted by Crippen LogP contribution is -2.52. The van der Waals surface area contributed by atoms with Crippen molar-refractivity contribution in [3.8, 4) is 6.07 Å². The second kappa shape index (κ2) is 10.4. The number of aromatic nitrogens is 2. The van der Waals surface area contributed by atoms with Crippen molar-refractivity contribution in [1.82, 2.24) is 14.9 Å². The monoisotopic (exact) mass is 499 g/mol. The molecule has 1 amide bonds. The van der Waals surface area contributed by atoms with E-state index >= 15 is 0 Å². The first-order valence-corrected chi connectivity index (χ1v) is 12.3. The Hall–Kier alpha value is -3.82. The van der Waals surface area contributed by atoms with Gasteiger partial charge in [-0.3, -0.25) is 4.79 Å². The molecule has 0 aliphatic rings. The van der Waals surface area contributed by atoms with E-state index in [1.165, 1.54) is 0 Å². The van der Waals surface area contributed by atoms with Gasteiger partial charge in [-0.2, -0.15) is 5.26 Å². The summed E-state index contributed by atoms with van der Waals surface area (Å²) >= 11 is 6.08. The van der Waals surface area contributed by atoms with Gasteiger partial charge in [0.1, 0.15) is 5.54 Å². The molecule has 0 fully saturated rings. The number of amides is 1. The van der Waals surface area contributed by atoms with Gasteiger partial charge in [-0.25, -0.2) is 4.98 Å². The standard InChI is InChI=1S/C29H30ClN5O/c1-19(24(17-20-12-14-23(30)15-13-20)22-9-7-8-21(16-22)18-31)32-27(36)29(2,3)34-28-33-25-10-5-6-11-26(25)35(28)4/h5-16,19,24H,17H2,1-4H3,(H,32,36)(H,33,34)/t19-,24+/m0/s1. The largest absolute Gasteiger partial charge is 0.351 e. The van der Waals surface area contributed by atoms with Crippen molar-refractivity contribution in [2.24, 2.45) is 7.05 Å². The number of hydrogen-bond donors (Lipinski definition) is 2. The van der Waals surface area contributed by atoms with Crippen molar-refractivity contribution >= 4 is 34.5 Å². The number of hydrogen-bond acceptors (Lipinski definition) is 4. The number of imidazole rings is 1. The van der Waals surface area contributed by atoms with Gasteiger partial charge >= 0.3 is 0 Å². The van der Waals surface area contributed by atoms with Crippen molar-refractivity contribution in [2.75, 3.05) is 5.32 Å². The maximum absolute atomic E-state index is 13.5. The molecule has 0 bridgehead atoms. The number of benzene rings is 3. The summed E-state index contributed by atoms with van der Waals surface area (Å²) in [6.45, 7) is 5.69. The van der Waals surface area contributed by atoms with Crippen molar-refractivity contribution in [3.63, 3.8) is 0 Å². The van der Waals surface area contributed by atoms with E-state index < -0.39 is 5.54 Å². The van der Waals surface area contributed by atoms with Crippen LogP contribution < -0.4 is 10.6 Å². The number of carbonyl (C=O) groups excluding carboxylic acids is 1. The van der Waals surface area contributed by atoms with Crippen LogP contribution in [-0.4, -0.2) is 27.0 Å². The Bertz CT molecular complexity index is 1420. The lowest BCUT2D eigenvalue weighted by molar-refractivity contribution is -0.125. The Kier molecular flexibility index (Phi) is 7.32. The molecule has 3 aromatic carbocycles. The summed E-state index contributed by atoms with van der Waals surface area (Å²) in [6.07, 6.45) is 0.687. The maximum atomic E-state index is 13.5. The first kappa shape index (κ1) is 25.3. The van der Waals surface area contributed by atoms with Gasteiger partial charge in [0, 0.05) is 24.0 Å². The average Bonchev–Trinajstić information content (AvgIpc) is 3.18. The third-order valence-corrected chi connectivity index (χ3v) is 6.81. The summed E-state index contributed by atoms with van der Waals surface area (Å²) in [4.78, 5) is 18.1. The molecule has 0 unspecified atom stereocenters. The zero-order valence-electron chi connectivity index (χ0n) is 20.9. The number of aryl methyl sites for hydroxylation is 1. The van der Waals surface area contributed by atoms with E-state index in [0.717, 1.165) is 22.2 Å². The summed E-state index contributed by atoms with van der Waals surface area (Å²) in [7, 11) is 1.93. The highest BCUT2D eigenvalue weighted by atomic mass is 35.5. The fourth-order valence-corrected chi connectivity index (χ4v) is 4.50.